The van der Waals surface area contributed by atoms with Crippen LogP contribution in [0.25, 0.3) is 0 Å². The van der Waals surface area contributed by atoms with Gasteiger partial charge in [-0.3, -0.25) is 5.32 Å². The first-order valence-corrected chi connectivity index (χ1v) is 3.33. The lowest BCUT2D eigenvalue weighted by Gasteiger charge is -2.06. The number of allylic oxidation sites excluding steroid dienone is 1. The molecule has 1 N–H and O–H groups in total. The van der Waals surface area contributed by atoms with Crippen molar-refractivity contribution in [3.63, 3.8) is 0 Å². The van der Waals surface area contributed by atoms with E-state index in [0.29, 0.717) is 26.0 Å². The minimum atomic E-state index is 0.292. The molecule has 66 valence electrons. The van der Waals surface area contributed by atoms with Crippen molar-refractivity contribution >= 4 is 0 Å². The molecule has 0 aliphatic rings. The van der Waals surface area contributed by atoms with Crippen molar-refractivity contribution in [2.24, 2.45) is 0 Å². The summed E-state index contributed by atoms with van der Waals surface area (Å²) in [5.41, 5.74) is 0. The van der Waals surface area contributed by atoms with E-state index in [-0.39, 0.29) is 0 Å². The molecule has 0 aromatic heterocycles. The summed E-state index contributed by atoms with van der Waals surface area (Å²) in [7, 11) is 1.57. The normalized spacial score (nSPS) is 9.64. The molecule has 0 amide bonds. The lowest BCUT2D eigenvalue weighted by molar-refractivity contribution is -0.0433. The number of hydrogen-bond acceptors (Lipinski definition) is 4. The molecule has 0 saturated heterocycles. The molecular formula is C7H15NO3. The first kappa shape index (κ1) is 10.4. The van der Waals surface area contributed by atoms with Gasteiger partial charge in [0.2, 0.25) is 0 Å². The van der Waals surface area contributed by atoms with Crippen molar-refractivity contribution in [2.75, 3.05) is 27.4 Å². The summed E-state index contributed by atoms with van der Waals surface area (Å²) in [4.78, 5) is 0. The Bertz CT molecular complexity index is 106. The van der Waals surface area contributed by atoms with E-state index in [4.69, 9.17) is 9.47 Å². The monoisotopic (exact) mass is 161 g/mol. The van der Waals surface area contributed by atoms with E-state index < -0.39 is 0 Å². The number of ether oxygens (including phenoxy) is 3. The molecule has 11 heavy (non-hydrogen) atoms. The highest BCUT2D eigenvalue weighted by Crippen LogP contribution is 1.85. The molecule has 4 nitrogen and oxygen atoms in total. The van der Waals surface area contributed by atoms with Gasteiger partial charge in [-0.1, -0.05) is 6.58 Å². The summed E-state index contributed by atoms with van der Waals surface area (Å²) < 4.78 is 14.6. The zero-order valence-electron chi connectivity index (χ0n) is 7.05. The maximum Gasteiger partial charge on any atom is 0.148 e. The van der Waals surface area contributed by atoms with E-state index in [0.717, 1.165) is 0 Å². The smallest absolute Gasteiger partial charge is 0.148 e. The summed E-state index contributed by atoms with van der Waals surface area (Å²) in [5, 5.41) is 2.87. The fraction of sp³-hybridized carbons (Fsp3) is 0.714. The van der Waals surface area contributed by atoms with Crippen molar-refractivity contribution < 1.29 is 14.2 Å². The highest BCUT2D eigenvalue weighted by atomic mass is 16.7. The average Bonchev–Trinajstić information content (AvgIpc) is 1.96. The molecule has 0 aromatic carbocycles. The molecule has 0 fully saturated rings. The Labute approximate surface area is 67.1 Å². The summed E-state index contributed by atoms with van der Waals surface area (Å²) in [6, 6.07) is 0. The van der Waals surface area contributed by atoms with Crippen LogP contribution in [0, 0.1) is 0 Å². The van der Waals surface area contributed by atoms with Gasteiger partial charge >= 0.3 is 0 Å². The SMILES string of the molecule is C=C(C)OCNCOCOC. The summed E-state index contributed by atoms with van der Waals surface area (Å²) in [5.74, 6) is 0.684. The molecule has 0 radical (unpaired) electrons. The fourth-order valence-electron chi connectivity index (χ4n) is 0.413. The lowest BCUT2D eigenvalue weighted by atomic mass is 10.7. The maximum absolute atomic E-state index is 5.00. The van der Waals surface area contributed by atoms with Gasteiger partial charge in [-0.25, -0.2) is 0 Å². The van der Waals surface area contributed by atoms with Gasteiger partial charge in [0.15, 0.2) is 0 Å². The van der Waals surface area contributed by atoms with Crippen LogP contribution in [0.5, 0.6) is 0 Å². The van der Waals surface area contributed by atoms with E-state index in [1.54, 1.807) is 14.0 Å². The molecule has 0 unspecified atom stereocenters. The molecule has 0 aliphatic carbocycles. The Morgan fingerprint density at radius 2 is 2.18 bits per heavy atom. The lowest BCUT2D eigenvalue weighted by Crippen LogP contribution is -2.21. The second-order valence-electron chi connectivity index (χ2n) is 2.00. The van der Waals surface area contributed by atoms with Gasteiger partial charge in [-0.2, -0.15) is 0 Å². The third-order valence-corrected chi connectivity index (χ3v) is 0.826. The van der Waals surface area contributed by atoms with Crippen molar-refractivity contribution in [1.29, 1.82) is 0 Å². The number of rotatable bonds is 7. The predicted octanol–water partition coefficient (Wildman–Crippen LogP) is 0.662. The van der Waals surface area contributed by atoms with Crippen molar-refractivity contribution in [1.82, 2.24) is 5.32 Å². The van der Waals surface area contributed by atoms with Crippen LogP contribution in [0.3, 0.4) is 0 Å². The number of methoxy groups -OCH3 is 1. The number of nitrogens with one attached hydrogen (secondary N) is 1. The molecule has 0 bridgehead atoms. The van der Waals surface area contributed by atoms with Crippen molar-refractivity contribution in [2.45, 2.75) is 6.92 Å². The summed E-state index contributed by atoms with van der Waals surface area (Å²) in [6.07, 6.45) is 0. The topological polar surface area (TPSA) is 39.7 Å². The standard InChI is InChI=1S/C7H15NO3/c1-7(2)11-5-8-4-10-6-9-3/h8H,1,4-6H2,2-3H3. The van der Waals surface area contributed by atoms with Crippen molar-refractivity contribution in [3.8, 4) is 0 Å². The van der Waals surface area contributed by atoms with E-state index in [1.165, 1.54) is 0 Å². The Hall–Kier alpha value is -0.580. The molecule has 0 aromatic rings. The van der Waals surface area contributed by atoms with Gasteiger partial charge in [0.25, 0.3) is 0 Å². The zero-order chi connectivity index (χ0) is 8.53. The van der Waals surface area contributed by atoms with Crippen LogP contribution in [-0.2, 0) is 14.2 Å². The quantitative estimate of drug-likeness (QED) is 0.338. The largest absolute Gasteiger partial charge is 0.484 e. The van der Waals surface area contributed by atoms with Gasteiger partial charge in [0.1, 0.15) is 20.3 Å². The summed E-state index contributed by atoms with van der Waals surface area (Å²) >= 11 is 0. The molecule has 0 aliphatic heterocycles. The van der Waals surface area contributed by atoms with E-state index >= 15 is 0 Å². The van der Waals surface area contributed by atoms with E-state index in [2.05, 4.69) is 16.6 Å². The van der Waals surface area contributed by atoms with E-state index in [9.17, 15) is 0 Å². The maximum atomic E-state index is 5.00. The minimum Gasteiger partial charge on any atom is -0.484 e. The van der Waals surface area contributed by atoms with Crippen LogP contribution in [0.4, 0.5) is 0 Å². The predicted molar refractivity (Wildman–Crippen MR) is 41.7 cm³/mol. The van der Waals surface area contributed by atoms with Gasteiger partial charge in [0.05, 0.1) is 5.76 Å². The Kier molecular flexibility index (Phi) is 7.13. The van der Waals surface area contributed by atoms with Gasteiger partial charge in [-0.05, 0) is 6.92 Å². The number of hydrogen-bond donors (Lipinski definition) is 1. The molecule has 0 rings (SSSR count). The second-order valence-corrected chi connectivity index (χ2v) is 2.00. The Balaban J connectivity index is 2.85. The molecular weight excluding hydrogens is 146 g/mol. The Morgan fingerprint density at radius 3 is 2.73 bits per heavy atom. The van der Waals surface area contributed by atoms with E-state index in [1.807, 2.05) is 0 Å². The van der Waals surface area contributed by atoms with Crippen molar-refractivity contribution in [3.05, 3.63) is 12.3 Å². The Morgan fingerprint density at radius 1 is 1.45 bits per heavy atom. The van der Waals surface area contributed by atoms with Crippen LogP contribution in [-0.4, -0.2) is 27.4 Å². The first-order chi connectivity index (χ1) is 5.27. The average molecular weight is 161 g/mol. The fourth-order valence-corrected chi connectivity index (χ4v) is 0.413. The van der Waals surface area contributed by atoms with Gasteiger partial charge < -0.3 is 14.2 Å². The molecule has 0 saturated carbocycles. The van der Waals surface area contributed by atoms with Crippen LogP contribution < -0.4 is 5.32 Å². The second kappa shape index (κ2) is 7.53. The molecule has 0 heterocycles. The van der Waals surface area contributed by atoms with Crippen LogP contribution in [0.1, 0.15) is 6.92 Å². The molecule has 4 heteroatoms. The summed E-state index contributed by atoms with van der Waals surface area (Å²) in [6.45, 7) is 6.48. The highest BCUT2D eigenvalue weighted by molar-refractivity contribution is 4.72. The van der Waals surface area contributed by atoms with Gasteiger partial charge in [-0.15, -0.1) is 0 Å². The highest BCUT2D eigenvalue weighted by Gasteiger charge is 1.85. The first-order valence-electron chi connectivity index (χ1n) is 3.33. The third-order valence-electron chi connectivity index (χ3n) is 0.826. The molecule has 0 spiro atoms. The zero-order valence-corrected chi connectivity index (χ0v) is 7.05. The van der Waals surface area contributed by atoms with Crippen LogP contribution >= 0.6 is 0 Å². The van der Waals surface area contributed by atoms with Crippen LogP contribution in [0.15, 0.2) is 12.3 Å². The molecule has 0 atom stereocenters. The van der Waals surface area contributed by atoms with Crippen LogP contribution in [0.2, 0.25) is 0 Å². The van der Waals surface area contributed by atoms with Gasteiger partial charge in [0, 0.05) is 7.11 Å². The minimum absolute atomic E-state index is 0.292. The third kappa shape index (κ3) is 9.42.